The van der Waals surface area contributed by atoms with Gasteiger partial charge in [-0.3, -0.25) is 4.79 Å². The monoisotopic (exact) mass is 285 g/mol. The van der Waals surface area contributed by atoms with Gasteiger partial charge in [-0.1, -0.05) is 54.6 Å². The van der Waals surface area contributed by atoms with E-state index in [4.69, 9.17) is 0 Å². The van der Waals surface area contributed by atoms with Crippen LogP contribution in [0.4, 0.5) is 5.95 Å². The second kappa shape index (κ2) is 4.70. The number of fused-ring (bicyclic) bond motifs is 3. The maximum atomic E-state index is 12.8. The highest BCUT2D eigenvalue weighted by atomic mass is 16.1. The van der Waals surface area contributed by atoms with Gasteiger partial charge in [0.25, 0.3) is 0 Å². The van der Waals surface area contributed by atoms with E-state index in [1.165, 1.54) is 0 Å². The molecule has 1 heterocycles. The summed E-state index contributed by atoms with van der Waals surface area (Å²) in [6, 6.07) is 17.1. The molecule has 0 atom stereocenters. The van der Waals surface area contributed by atoms with Crippen LogP contribution in [0.25, 0.3) is 22.5 Å². The molecule has 0 radical (unpaired) electrons. The Morgan fingerprint density at radius 2 is 1.45 bits per heavy atom. The largest absolute Gasteiger partial charge is 0.288 e. The Morgan fingerprint density at radius 1 is 0.818 bits per heavy atom. The fraction of sp³-hybridized carbons (Fsp3) is 0. The molecule has 1 aromatic heterocycles. The van der Waals surface area contributed by atoms with Crippen molar-refractivity contribution in [3.63, 3.8) is 0 Å². The van der Waals surface area contributed by atoms with Crippen LogP contribution in [-0.2, 0) is 0 Å². The lowest BCUT2D eigenvalue weighted by Crippen LogP contribution is -2.01. The summed E-state index contributed by atoms with van der Waals surface area (Å²) in [5.74, 6) is 0.238. The van der Waals surface area contributed by atoms with Gasteiger partial charge < -0.3 is 0 Å². The van der Waals surface area contributed by atoms with Gasteiger partial charge in [-0.15, -0.1) is 0 Å². The normalized spacial score (nSPS) is 11.9. The van der Waals surface area contributed by atoms with Crippen molar-refractivity contribution in [2.75, 3.05) is 0 Å². The van der Waals surface area contributed by atoms with Crippen LogP contribution in [0.1, 0.15) is 15.9 Å². The van der Waals surface area contributed by atoms with Gasteiger partial charge >= 0.3 is 0 Å². The van der Waals surface area contributed by atoms with Crippen molar-refractivity contribution in [3.8, 4) is 22.5 Å². The molecule has 0 amide bonds. The van der Waals surface area contributed by atoms with Crippen LogP contribution in [0.3, 0.4) is 0 Å². The smallest absolute Gasteiger partial charge is 0.249 e. The standard InChI is InChI=1S/C18H11N3O/c1-19-18-20-15(11-7-3-2-4-8-11)14-16(21-18)12-9-5-6-10-13(12)17(14)22/h2-10H,1H2. The first-order valence-electron chi connectivity index (χ1n) is 6.88. The summed E-state index contributed by atoms with van der Waals surface area (Å²) in [5.41, 5.74) is 4.13. The molecule has 0 unspecified atom stereocenters. The highest BCUT2D eigenvalue weighted by molar-refractivity contribution is 6.23. The minimum Gasteiger partial charge on any atom is -0.288 e. The molecule has 104 valence electrons. The molecule has 4 rings (SSSR count). The molecule has 22 heavy (non-hydrogen) atoms. The van der Waals surface area contributed by atoms with Gasteiger partial charge in [0, 0.05) is 16.7 Å². The zero-order valence-electron chi connectivity index (χ0n) is 11.7. The topological polar surface area (TPSA) is 55.2 Å². The molecule has 2 aromatic carbocycles. The molecule has 0 fully saturated rings. The lowest BCUT2D eigenvalue weighted by Gasteiger charge is -2.07. The van der Waals surface area contributed by atoms with E-state index >= 15 is 0 Å². The second-order valence-corrected chi connectivity index (χ2v) is 4.99. The molecule has 0 bridgehead atoms. The average molecular weight is 285 g/mol. The lowest BCUT2D eigenvalue weighted by molar-refractivity contribution is 0.104. The van der Waals surface area contributed by atoms with Crippen molar-refractivity contribution in [1.82, 2.24) is 9.97 Å². The first-order valence-corrected chi connectivity index (χ1v) is 6.88. The Morgan fingerprint density at radius 3 is 2.18 bits per heavy atom. The van der Waals surface area contributed by atoms with Gasteiger partial charge in [0.2, 0.25) is 5.95 Å². The molecule has 0 saturated carbocycles. The Bertz CT molecular complexity index is 917. The highest BCUT2D eigenvalue weighted by Crippen LogP contribution is 2.40. The first-order chi connectivity index (χ1) is 10.8. The van der Waals surface area contributed by atoms with E-state index in [1.807, 2.05) is 54.6 Å². The third kappa shape index (κ3) is 1.71. The van der Waals surface area contributed by atoms with Crippen molar-refractivity contribution in [2.24, 2.45) is 4.99 Å². The number of ketones is 1. The summed E-state index contributed by atoms with van der Waals surface area (Å²) < 4.78 is 0. The van der Waals surface area contributed by atoms with E-state index in [-0.39, 0.29) is 11.7 Å². The number of aliphatic imine (C=N–C) groups is 1. The van der Waals surface area contributed by atoms with Crippen LogP contribution >= 0.6 is 0 Å². The zero-order valence-corrected chi connectivity index (χ0v) is 11.7. The van der Waals surface area contributed by atoms with Crippen molar-refractivity contribution in [1.29, 1.82) is 0 Å². The molecule has 1 aliphatic carbocycles. The maximum Gasteiger partial charge on any atom is 0.249 e. The predicted molar refractivity (Wildman–Crippen MR) is 85.5 cm³/mol. The Kier molecular flexibility index (Phi) is 2.69. The number of carbonyl (C=O) groups is 1. The van der Waals surface area contributed by atoms with Gasteiger partial charge in [0.05, 0.1) is 17.0 Å². The Balaban J connectivity index is 2.08. The van der Waals surface area contributed by atoms with Crippen molar-refractivity contribution < 1.29 is 4.79 Å². The summed E-state index contributed by atoms with van der Waals surface area (Å²) in [5, 5.41) is 0. The average Bonchev–Trinajstić information content (AvgIpc) is 2.88. The van der Waals surface area contributed by atoms with Gasteiger partial charge in [0.1, 0.15) is 0 Å². The molecule has 0 N–H and O–H groups in total. The van der Waals surface area contributed by atoms with E-state index in [2.05, 4.69) is 21.7 Å². The van der Waals surface area contributed by atoms with Crippen LogP contribution in [0.15, 0.2) is 59.6 Å². The van der Waals surface area contributed by atoms with Gasteiger partial charge in [-0.05, 0) is 6.72 Å². The summed E-state index contributed by atoms with van der Waals surface area (Å²) >= 11 is 0. The number of benzene rings is 2. The van der Waals surface area contributed by atoms with E-state index in [0.717, 1.165) is 11.1 Å². The molecule has 0 aliphatic heterocycles. The Labute approximate surface area is 127 Å². The minimum atomic E-state index is -0.0416. The third-order valence-electron chi connectivity index (χ3n) is 3.74. The third-order valence-corrected chi connectivity index (χ3v) is 3.74. The summed E-state index contributed by atoms with van der Waals surface area (Å²) in [6.07, 6.45) is 0. The number of aromatic nitrogens is 2. The van der Waals surface area contributed by atoms with Crippen molar-refractivity contribution in [2.45, 2.75) is 0 Å². The highest BCUT2D eigenvalue weighted by Gasteiger charge is 2.32. The van der Waals surface area contributed by atoms with E-state index < -0.39 is 0 Å². The maximum absolute atomic E-state index is 12.8. The van der Waals surface area contributed by atoms with Crippen molar-refractivity contribution >= 4 is 18.4 Å². The zero-order chi connectivity index (χ0) is 15.1. The minimum absolute atomic E-state index is 0.0416. The molecule has 0 saturated heterocycles. The summed E-state index contributed by atoms with van der Waals surface area (Å²) in [4.78, 5) is 25.4. The predicted octanol–water partition coefficient (Wildman–Crippen LogP) is 3.69. The Hall–Kier alpha value is -3.14. The summed E-state index contributed by atoms with van der Waals surface area (Å²) in [7, 11) is 0. The fourth-order valence-electron chi connectivity index (χ4n) is 2.76. The van der Waals surface area contributed by atoms with Crippen LogP contribution in [0.5, 0.6) is 0 Å². The molecule has 1 aliphatic rings. The summed E-state index contributed by atoms with van der Waals surface area (Å²) in [6.45, 7) is 3.51. The number of hydrogen-bond acceptors (Lipinski definition) is 4. The van der Waals surface area contributed by atoms with Gasteiger partial charge in [-0.25, -0.2) is 15.0 Å². The molecular formula is C18H11N3O. The number of nitrogens with zero attached hydrogens (tertiary/aromatic N) is 3. The molecule has 4 nitrogen and oxygen atoms in total. The molecule has 0 spiro atoms. The van der Waals surface area contributed by atoms with E-state index in [9.17, 15) is 4.79 Å². The number of hydrogen-bond donors (Lipinski definition) is 0. The van der Waals surface area contributed by atoms with Gasteiger partial charge in [0.15, 0.2) is 5.78 Å². The molecule has 4 heteroatoms. The van der Waals surface area contributed by atoms with Crippen LogP contribution in [-0.4, -0.2) is 22.5 Å². The fourth-order valence-corrected chi connectivity index (χ4v) is 2.76. The molecular weight excluding hydrogens is 274 g/mol. The first kappa shape index (κ1) is 12.6. The number of carbonyl (C=O) groups excluding carboxylic acids is 1. The van der Waals surface area contributed by atoms with Crippen molar-refractivity contribution in [3.05, 3.63) is 65.7 Å². The number of rotatable bonds is 2. The second-order valence-electron chi connectivity index (χ2n) is 4.99. The van der Waals surface area contributed by atoms with Crippen LogP contribution < -0.4 is 0 Å². The van der Waals surface area contributed by atoms with Crippen LogP contribution in [0, 0.1) is 0 Å². The van der Waals surface area contributed by atoms with Gasteiger partial charge in [-0.2, -0.15) is 0 Å². The van der Waals surface area contributed by atoms with E-state index in [1.54, 1.807) is 0 Å². The lowest BCUT2D eigenvalue weighted by atomic mass is 10.0. The quantitative estimate of drug-likeness (QED) is 0.528. The van der Waals surface area contributed by atoms with E-state index in [0.29, 0.717) is 22.5 Å². The van der Waals surface area contributed by atoms with Crippen LogP contribution in [0.2, 0.25) is 0 Å². The SMILES string of the molecule is C=Nc1nc(-c2ccccc2)c2c(n1)-c1ccccc1C2=O. The molecule has 3 aromatic rings.